The zero-order valence-electron chi connectivity index (χ0n) is 12.1. The van der Waals surface area contributed by atoms with Gasteiger partial charge in [0.05, 0.1) is 25.0 Å². The van der Waals surface area contributed by atoms with Gasteiger partial charge in [-0.3, -0.25) is 0 Å². The van der Waals surface area contributed by atoms with Gasteiger partial charge >= 0.3 is 33.3 Å². The average molecular weight is 414 g/mol. The van der Waals surface area contributed by atoms with Gasteiger partial charge < -0.3 is 12.9 Å². The van der Waals surface area contributed by atoms with Crippen LogP contribution in [0, 0.1) is 0 Å². The Morgan fingerprint density at radius 3 is 0.727 bits per heavy atom. The molecule has 0 atom stereocenters. The van der Waals surface area contributed by atoms with Crippen LogP contribution in [-0.4, -0.2) is 73.1 Å². The maximum absolute atomic E-state index is 11.1. The van der Waals surface area contributed by atoms with E-state index in [2.05, 4.69) is 12.9 Å². The smallest absolute Gasteiger partial charge is 0.473 e. The second-order valence-electron chi connectivity index (χ2n) is 3.78. The molecule has 0 aromatic heterocycles. The van der Waals surface area contributed by atoms with Gasteiger partial charge in [0.1, 0.15) is 0 Å². The van der Waals surface area contributed by atoms with Gasteiger partial charge in [-0.2, -0.15) is 0 Å². The van der Waals surface area contributed by atoms with Crippen molar-refractivity contribution < 1.29 is 65.5 Å². The molecule has 0 saturated heterocycles. The van der Waals surface area contributed by atoms with Crippen LogP contribution in [0.15, 0.2) is 0 Å². The minimum Gasteiger partial charge on any atom is -0.473 e. The van der Waals surface area contributed by atoms with E-state index in [9.17, 15) is 33.7 Å². The maximum Gasteiger partial charge on any atom is 1.00 e. The normalized spacial score (nSPS) is 14.4. The standard InChI is InChI=1S/4CH4O3S.Al.Li/c4*1-5(2,3)4;;/h4*1H3,(H,2,3,4);;/q;;;;+3;+1/p-4. The minimum atomic E-state index is -6.04. The van der Waals surface area contributed by atoms with Crippen LogP contribution in [0.3, 0.4) is 0 Å². The molecule has 0 aromatic rings. The zero-order chi connectivity index (χ0) is 17.3. The van der Waals surface area contributed by atoms with Crippen LogP contribution in [0.4, 0.5) is 0 Å². The fourth-order valence-corrected chi connectivity index (χ4v) is 10.3. The van der Waals surface area contributed by atoms with Crippen LogP contribution >= 0.6 is 0 Å². The van der Waals surface area contributed by atoms with E-state index in [1.807, 2.05) is 0 Å². The fourth-order valence-electron chi connectivity index (χ4n) is 0.953. The average Bonchev–Trinajstić information content (AvgIpc) is 1.83. The van der Waals surface area contributed by atoms with E-state index in [1.54, 1.807) is 0 Å². The van der Waals surface area contributed by atoms with E-state index < -0.39 is 54.9 Å². The van der Waals surface area contributed by atoms with E-state index in [0.717, 1.165) is 0 Å². The molecular weight excluding hydrogens is 402 g/mol. The van der Waals surface area contributed by atoms with E-state index in [0.29, 0.717) is 25.0 Å². The molecule has 0 aliphatic carbocycles. The van der Waals surface area contributed by atoms with Crippen molar-refractivity contribution in [3.63, 3.8) is 0 Å². The van der Waals surface area contributed by atoms with Crippen LogP contribution < -0.4 is 18.9 Å². The summed E-state index contributed by atoms with van der Waals surface area (Å²) < 4.78 is 105. The maximum atomic E-state index is 11.1. The molecule has 0 spiro atoms. The Kier molecular flexibility index (Phi) is 8.83. The van der Waals surface area contributed by atoms with E-state index in [4.69, 9.17) is 0 Å². The van der Waals surface area contributed by atoms with Crippen molar-refractivity contribution in [1.82, 2.24) is 0 Å². The van der Waals surface area contributed by atoms with Gasteiger partial charge in [0, 0.05) is 0 Å². The molecule has 22 heavy (non-hydrogen) atoms. The summed E-state index contributed by atoms with van der Waals surface area (Å²) in [5, 5.41) is 0. The molecule has 0 heterocycles. The van der Waals surface area contributed by atoms with E-state index in [-0.39, 0.29) is 18.9 Å². The van der Waals surface area contributed by atoms with Crippen molar-refractivity contribution in [3.05, 3.63) is 0 Å². The summed E-state index contributed by atoms with van der Waals surface area (Å²) in [6.07, 6.45) is 1.52. The van der Waals surface area contributed by atoms with Gasteiger partial charge in [0.25, 0.3) is 0 Å². The summed E-state index contributed by atoms with van der Waals surface area (Å²) in [6.45, 7) is 0. The van der Waals surface area contributed by atoms with Gasteiger partial charge in [-0.05, 0) is 0 Å². The fraction of sp³-hybridized carbons (Fsp3) is 1.00. The monoisotopic (exact) mass is 414 g/mol. The van der Waals surface area contributed by atoms with Gasteiger partial charge in [0.15, 0.2) is 0 Å². The summed E-state index contributed by atoms with van der Waals surface area (Å²) in [5.41, 5.74) is 0. The molecule has 0 rings (SSSR count). The summed E-state index contributed by atoms with van der Waals surface area (Å²) >= 11 is -6.04. The second kappa shape index (κ2) is 7.77. The Morgan fingerprint density at radius 1 is 0.500 bits per heavy atom. The Balaban J connectivity index is 0. The second-order valence-corrected chi connectivity index (χ2v) is 13.6. The summed E-state index contributed by atoms with van der Waals surface area (Å²) in [6, 6.07) is 0. The van der Waals surface area contributed by atoms with Gasteiger partial charge in [-0.15, -0.1) is 0 Å². The summed E-state index contributed by atoms with van der Waals surface area (Å²) in [4.78, 5) is 0. The van der Waals surface area contributed by atoms with E-state index >= 15 is 0 Å². The molecule has 0 saturated carbocycles. The minimum absolute atomic E-state index is 0. The third-order valence-electron chi connectivity index (χ3n) is 1.17. The Morgan fingerprint density at radius 2 is 0.636 bits per heavy atom. The molecule has 18 heteroatoms. The van der Waals surface area contributed by atoms with Crippen LogP contribution in [0.1, 0.15) is 0 Å². The molecule has 0 amide bonds. The van der Waals surface area contributed by atoms with Crippen molar-refractivity contribution in [2.45, 2.75) is 0 Å². The molecule has 0 bridgehead atoms. The molecule has 128 valence electrons. The third kappa shape index (κ3) is 13.2. The first-order valence-corrected chi connectivity index (χ1v) is 13.7. The molecular formula is C4H12AlLiO12S4. The predicted molar refractivity (Wildman–Crippen MR) is 69.5 cm³/mol. The molecule has 0 fully saturated rings. The summed E-state index contributed by atoms with van der Waals surface area (Å²) in [5.74, 6) is 0. The quantitative estimate of drug-likeness (QED) is 0.345. The summed E-state index contributed by atoms with van der Waals surface area (Å²) in [7, 11) is -18.4. The zero-order valence-corrected chi connectivity index (χ0v) is 16.5. The number of hydrogen-bond donors (Lipinski definition) is 0. The first kappa shape index (κ1) is 25.0. The SMILES string of the molecule is CS(=O)(=O)[O][Al-]([O]S(C)(=O)=O)([O]S(C)(=O)=O)[O]S(C)(=O)=O.[Li+]. The van der Waals surface area contributed by atoms with Crippen molar-refractivity contribution in [3.8, 4) is 0 Å². The van der Waals surface area contributed by atoms with E-state index in [1.165, 1.54) is 0 Å². The van der Waals surface area contributed by atoms with Crippen molar-refractivity contribution in [2.24, 2.45) is 0 Å². The van der Waals surface area contributed by atoms with Crippen molar-refractivity contribution in [1.29, 1.82) is 0 Å². The van der Waals surface area contributed by atoms with Crippen LogP contribution in [0.5, 0.6) is 0 Å². The molecule has 0 radical (unpaired) electrons. The van der Waals surface area contributed by atoms with Crippen molar-refractivity contribution >= 4 is 54.9 Å². The Bertz CT molecular complexity index is 650. The van der Waals surface area contributed by atoms with Gasteiger partial charge in [-0.25, -0.2) is 33.7 Å². The molecule has 0 aromatic carbocycles. The first-order chi connectivity index (χ1) is 8.83. The molecule has 0 aliphatic rings. The molecule has 0 N–H and O–H groups in total. The largest absolute Gasteiger partial charge is 1.00 e. The van der Waals surface area contributed by atoms with Gasteiger partial charge in [0.2, 0.25) is 40.5 Å². The number of rotatable bonds is 8. The third-order valence-corrected chi connectivity index (χ3v) is 10.5. The number of hydrogen-bond acceptors (Lipinski definition) is 12. The van der Waals surface area contributed by atoms with Crippen LogP contribution in [0.25, 0.3) is 0 Å². The predicted octanol–water partition coefficient (Wildman–Crippen LogP) is -5.67. The van der Waals surface area contributed by atoms with Crippen LogP contribution in [-0.2, 0) is 53.4 Å². The Labute approximate surface area is 144 Å². The van der Waals surface area contributed by atoms with Gasteiger partial charge in [-0.1, -0.05) is 0 Å². The van der Waals surface area contributed by atoms with Crippen LogP contribution in [0.2, 0.25) is 0 Å². The molecule has 0 unspecified atom stereocenters. The molecule has 12 nitrogen and oxygen atoms in total. The topological polar surface area (TPSA) is 173 Å². The Hall–Kier alpha value is 0.770. The van der Waals surface area contributed by atoms with Crippen molar-refractivity contribution in [2.75, 3.05) is 25.0 Å². The molecule has 0 aliphatic heterocycles. The first-order valence-electron chi connectivity index (χ1n) is 4.58.